The molecule has 9 nitrogen and oxygen atoms in total. The molecule has 0 aromatic heterocycles. The number of nitrogens with zero attached hydrogens (tertiary/aromatic N) is 2. The zero-order chi connectivity index (χ0) is 28.6. The van der Waals surface area contributed by atoms with E-state index in [4.69, 9.17) is 9.47 Å². The standard InChI is InChI=1S/C29H35N3O6S/c1-6-30-29(34)22(3)31(19-23-10-8-7-9-11-23)28(33)20-32(24-14-12-21(2)13-15-24)39(35,36)25-16-17-26(37-4)27(18-25)38-5/h7-18,22H,6,19-20H2,1-5H3,(H,30,34). The van der Waals surface area contributed by atoms with Gasteiger partial charge in [0.15, 0.2) is 11.5 Å². The Balaban J connectivity index is 2.05. The lowest BCUT2D eigenvalue weighted by Crippen LogP contribution is -2.51. The summed E-state index contributed by atoms with van der Waals surface area (Å²) in [7, 11) is -1.36. The Morgan fingerprint density at radius 1 is 0.923 bits per heavy atom. The number of hydrogen-bond acceptors (Lipinski definition) is 6. The average molecular weight is 554 g/mol. The predicted octanol–water partition coefficient (Wildman–Crippen LogP) is 3.76. The number of carbonyl (C=O) groups is 2. The molecule has 3 rings (SSSR count). The van der Waals surface area contributed by atoms with E-state index in [1.54, 1.807) is 38.1 Å². The lowest BCUT2D eigenvalue weighted by Gasteiger charge is -2.32. The number of sulfonamides is 1. The molecular formula is C29H35N3O6S. The summed E-state index contributed by atoms with van der Waals surface area (Å²) < 4.78 is 39.6. The van der Waals surface area contributed by atoms with Crippen molar-refractivity contribution in [3.63, 3.8) is 0 Å². The molecule has 10 heteroatoms. The monoisotopic (exact) mass is 553 g/mol. The van der Waals surface area contributed by atoms with Crippen LogP contribution in [-0.4, -0.2) is 58.5 Å². The van der Waals surface area contributed by atoms with Gasteiger partial charge >= 0.3 is 0 Å². The minimum atomic E-state index is -4.23. The van der Waals surface area contributed by atoms with E-state index in [1.807, 2.05) is 37.3 Å². The summed E-state index contributed by atoms with van der Waals surface area (Å²) in [5.41, 5.74) is 2.06. The molecule has 0 saturated carbocycles. The number of ether oxygens (including phenoxy) is 2. The van der Waals surface area contributed by atoms with E-state index in [0.717, 1.165) is 15.4 Å². The van der Waals surface area contributed by atoms with Crippen LogP contribution < -0.4 is 19.1 Å². The molecular weight excluding hydrogens is 518 g/mol. The van der Waals surface area contributed by atoms with E-state index < -0.39 is 28.5 Å². The van der Waals surface area contributed by atoms with Crippen molar-refractivity contribution >= 4 is 27.5 Å². The summed E-state index contributed by atoms with van der Waals surface area (Å²) in [6, 6.07) is 19.5. The third kappa shape index (κ3) is 7.08. The number of nitrogens with one attached hydrogen (secondary N) is 1. The SMILES string of the molecule is CCNC(=O)C(C)N(Cc1ccccc1)C(=O)CN(c1ccc(C)cc1)S(=O)(=O)c1ccc(OC)c(OC)c1. The first kappa shape index (κ1) is 29.5. The van der Waals surface area contributed by atoms with E-state index in [-0.39, 0.29) is 23.1 Å². The molecule has 1 unspecified atom stereocenters. The molecule has 0 heterocycles. The molecule has 0 aliphatic rings. The van der Waals surface area contributed by atoms with Crippen LogP contribution in [0.15, 0.2) is 77.7 Å². The number of amides is 2. The fourth-order valence-corrected chi connectivity index (χ4v) is 5.46. The minimum Gasteiger partial charge on any atom is -0.493 e. The molecule has 0 bridgehead atoms. The number of carbonyl (C=O) groups excluding carboxylic acids is 2. The van der Waals surface area contributed by atoms with Gasteiger partial charge in [-0.05, 0) is 50.6 Å². The Kier molecular flexibility index (Phi) is 9.95. The number of benzene rings is 3. The number of likely N-dealkylation sites (N-methyl/N-ethyl adjacent to an activating group) is 1. The summed E-state index contributed by atoms with van der Waals surface area (Å²) in [5.74, 6) is -0.239. The van der Waals surface area contributed by atoms with Gasteiger partial charge in [-0.1, -0.05) is 48.0 Å². The van der Waals surface area contributed by atoms with Gasteiger partial charge in [0.2, 0.25) is 11.8 Å². The summed E-state index contributed by atoms with van der Waals surface area (Å²) in [4.78, 5) is 27.9. The van der Waals surface area contributed by atoms with Crippen LogP contribution in [0.1, 0.15) is 25.0 Å². The van der Waals surface area contributed by atoms with Gasteiger partial charge < -0.3 is 19.7 Å². The molecule has 39 heavy (non-hydrogen) atoms. The fraction of sp³-hybridized carbons (Fsp3) is 0.310. The quantitative estimate of drug-likeness (QED) is 0.366. The zero-order valence-electron chi connectivity index (χ0n) is 22.9. The smallest absolute Gasteiger partial charge is 0.264 e. The number of rotatable bonds is 12. The van der Waals surface area contributed by atoms with E-state index in [0.29, 0.717) is 18.0 Å². The Bertz CT molecular complexity index is 1380. The fourth-order valence-electron chi connectivity index (χ4n) is 4.03. The Labute approximate surface area is 230 Å². The Morgan fingerprint density at radius 2 is 1.56 bits per heavy atom. The highest BCUT2D eigenvalue weighted by molar-refractivity contribution is 7.92. The summed E-state index contributed by atoms with van der Waals surface area (Å²) >= 11 is 0. The van der Waals surface area contributed by atoms with Gasteiger partial charge in [0, 0.05) is 19.2 Å². The van der Waals surface area contributed by atoms with Crippen molar-refractivity contribution in [2.45, 2.75) is 38.3 Å². The van der Waals surface area contributed by atoms with Crippen LogP contribution in [0.3, 0.4) is 0 Å². The highest BCUT2D eigenvalue weighted by Gasteiger charge is 2.33. The minimum absolute atomic E-state index is 0.0695. The zero-order valence-corrected chi connectivity index (χ0v) is 23.7. The number of aryl methyl sites for hydroxylation is 1. The van der Waals surface area contributed by atoms with Crippen LogP contribution in [-0.2, 0) is 26.2 Å². The maximum Gasteiger partial charge on any atom is 0.264 e. The summed E-state index contributed by atoms with van der Waals surface area (Å²) in [6.45, 7) is 5.33. The van der Waals surface area contributed by atoms with Gasteiger partial charge in [-0.3, -0.25) is 13.9 Å². The molecule has 2 amide bonds. The lowest BCUT2D eigenvalue weighted by atomic mass is 10.1. The third-order valence-electron chi connectivity index (χ3n) is 6.26. The van der Waals surface area contributed by atoms with Gasteiger partial charge in [-0.2, -0.15) is 0 Å². The predicted molar refractivity (Wildman–Crippen MR) is 150 cm³/mol. The second-order valence-corrected chi connectivity index (χ2v) is 10.8. The summed E-state index contributed by atoms with van der Waals surface area (Å²) in [5, 5.41) is 2.75. The summed E-state index contributed by atoms with van der Waals surface area (Å²) in [6.07, 6.45) is 0. The first-order chi connectivity index (χ1) is 18.6. The maximum atomic E-state index is 14.0. The van der Waals surface area contributed by atoms with Crippen LogP contribution in [0.25, 0.3) is 0 Å². The molecule has 3 aromatic rings. The van der Waals surface area contributed by atoms with Crippen molar-refractivity contribution < 1.29 is 27.5 Å². The highest BCUT2D eigenvalue weighted by Crippen LogP contribution is 2.32. The van der Waals surface area contributed by atoms with Crippen molar-refractivity contribution in [1.29, 1.82) is 0 Å². The molecule has 0 spiro atoms. The Morgan fingerprint density at radius 3 is 2.15 bits per heavy atom. The van der Waals surface area contributed by atoms with Gasteiger partial charge in [0.1, 0.15) is 12.6 Å². The highest BCUT2D eigenvalue weighted by atomic mass is 32.2. The largest absolute Gasteiger partial charge is 0.493 e. The molecule has 0 aliphatic carbocycles. The molecule has 208 valence electrons. The van der Waals surface area contributed by atoms with E-state index in [1.165, 1.54) is 37.3 Å². The first-order valence-corrected chi connectivity index (χ1v) is 14.0. The van der Waals surface area contributed by atoms with Crippen LogP contribution >= 0.6 is 0 Å². The van der Waals surface area contributed by atoms with Crippen LogP contribution in [0, 0.1) is 6.92 Å². The number of methoxy groups -OCH3 is 2. The van der Waals surface area contributed by atoms with Gasteiger partial charge in [0.25, 0.3) is 10.0 Å². The average Bonchev–Trinajstić information content (AvgIpc) is 2.94. The molecule has 0 fully saturated rings. The molecule has 1 N–H and O–H groups in total. The first-order valence-electron chi connectivity index (χ1n) is 12.5. The van der Waals surface area contributed by atoms with E-state index in [9.17, 15) is 18.0 Å². The lowest BCUT2D eigenvalue weighted by molar-refractivity contribution is -0.139. The van der Waals surface area contributed by atoms with E-state index >= 15 is 0 Å². The van der Waals surface area contributed by atoms with Gasteiger partial charge in [-0.15, -0.1) is 0 Å². The third-order valence-corrected chi connectivity index (χ3v) is 8.03. The van der Waals surface area contributed by atoms with Crippen molar-refractivity contribution in [2.24, 2.45) is 0 Å². The number of hydrogen-bond donors (Lipinski definition) is 1. The normalized spacial score (nSPS) is 11.8. The number of anilines is 1. The second kappa shape index (κ2) is 13.1. The van der Waals surface area contributed by atoms with Crippen molar-refractivity contribution in [3.05, 3.63) is 83.9 Å². The van der Waals surface area contributed by atoms with Crippen LogP contribution in [0.5, 0.6) is 11.5 Å². The molecule has 1 atom stereocenters. The second-order valence-electron chi connectivity index (χ2n) is 8.94. The molecule has 0 radical (unpaired) electrons. The van der Waals surface area contributed by atoms with Crippen LogP contribution in [0.2, 0.25) is 0 Å². The topological polar surface area (TPSA) is 105 Å². The molecule has 0 saturated heterocycles. The van der Waals surface area contributed by atoms with Gasteiger partial charge in [-0.25, -0.2) is 8.42 Å². The molecule has 0 aliphatic heterocycles. The van der Waals surface area contributed by atoms with Crippen molar-refractivity contribution in [3.8, 4) is 11.5 Å². The van der Waals surface area contributed by atoms with Gasteiger partial charge in [0.05, 0.1) is 24.8 Å². The maximum absolute atomic E-state index is 14.0. The van der Waals surface area contributed by atoms with E-state index in [2.05, 4.69) is 5.32 Å². The van der Waals surface area contributed by atoms with Crippen LogP contribution in [0.4, 0.5) is 5.69 Å². The van der Waals surface area contributed by atoms with Crippen molar-refractivity contribution in [2.75, 3.05) is 31.6 Å². The van der Waals surface area contributed by atoms with Crippen molar-refractivity contribution in [1.82, 2.24) is 10.2 Å². The molecule has 3 aromatic carbocycles. The Hall–Kier alpha value is -4.05.